The van der Waals surface area contributed by atoms with Gasteiger partial charge in [-0.1, -0.05) is 24.3 Å². The van der Waals surface area contributed by atoms with Gasteiger partial charge in [0.15, 0.2) is 5.82 Å². The van der Waals surface area contributed by atoms with E-state index in [4.69, 9.17) is 0 Å². The first-order valence-electron chi connectivity index (χ1n) is 13.5. The molecular formula is C26H37N9O7. The molecule has 16 nitrogen and oxygen atoms in total. The monoisotopic (exact) mass is 587 g/mol. The Balaban J connectivity index is 1.62. The number of amides is 1. The van der Waals surface area contributed by atoms with Gasteiger partial charge in [-0.15, -0.1) is 20.4 Å². The molecule has 3 rings (SSSR count). The van der Waals surface area contributed by atoms with Gasteiger partial charge >= 0.3 is 17.9 Å². The third kappa shape index (κ3) is 11.8. The molecule has 1 aliphatic heterocycles. The number of aryl methyl sites for hydroxylation is 1. The molecule has 2 heterocycles. The smallest absolute Gasteiger partial charge is 0.317 e. The molecule has 1 fully saturated rings. The molecule has 1 saturated heterocycles. The van der Waals surface area contributed by atoms with Crippen LogP contribution in [0.15, 0.2) is 24.3 Å². The Bertz CT molecular complexity index is 1170. The van der Waals surface area contributed by atoms with Crippen molar-refractivity contribution in [2.24, 2.45) is 0 Å². The van der Waals surface area contributed by atoms with Crippen LogP contribution in [0.2, 0.25) is 0 Å². The van der Waals surface area contributed by atoms with E-state index < -0.39 is 17.9 Å². The second-order valence-corrected chi connectivity index (χ2v) is 10.0. The van der Waals surface area contributed by atoms with Gasteiger partial charge in [-0.25, -0.2) is 0 Å². The maximum Gasteiger partial charge on any atom is 0.317 e. The zero-order valence-electron chi connectivity index (χ0n) is 23.6. The van der Waals surface area contributed by atoms with E-state index in [2.05, 4.69) is 25.7 Å². The molecular weight excluding hydrogens is 550 g/mol. The topological polar surface area (TPSA) is 206 Å². The lowest BCUT2D eigenvalue weighted by molar-refractivity contribution is -0.140. The van der Waals surface area contributed by atoms with Crippen LogP contribution in [0.5, 0.6) is 0 Å². The van der Waals surface area contributed by atoms with Crippen molar-refractivity contribution in [2.75, 3.05) is 78.5 Å². The summed E-state index contributed by atoms with van der Waals surface area (Å²) >= 11 is 0. The molecule has 0 saturated carbocycles. The van der Waals surface area contributed by atoms with Crippen LogP contribution in [-0.2, 0) is 25.7 Å². The van der Waals surface area contributed by atoms with E-state index in [1.165, 1.54) is 0 Å². The molecule has 0 bridgehead atoms. The van der Waals surface area contributed by atoms with Gasteiger partial charge in [-0.05, 0) is 12.5 Å². The maximum atomic E-state index is 12.9. The Morgan fingerprint density at radius 1 is 0.643 bits per heavy atom. The summed E-state index contributed by atoms with van der Waals surface area (Å²) in [5.74, 6) is -2.38. The zero-order valence-corrected chi connectivity index (χ0v) is 23.6. The fourth-order valence-corrected chi connectivity index (χ4v) is 4.41. The maximum absolute atomic E-state index is 12.9. The highest BCUT2D eigenvalue weighted by molar-refractivity contribution is 5.78. The number of rotatable bonds is 11. The van der Waals surface area contributed by atoms with Crippen LogP contribution in [0.1, 0.15) is 11.4 Å². The molecule has 0 unspecified atom stereocenters. The van der Waals surface area contributed by atoms with Gasteiger partial charge in [-0.3, -0.25) is 38.8 Å². The first kappa shape index (κ1) is 32.4. The van der Waals surface area contributed by atoms with Gasteiger partial charge < -0.3 is 20.6 Å². The number of benzene rings is 1. The number of hydrogen-bond donors (Lipinski definition) is 4. The summed E-state index contributed by atoms with van der Waals surface area (Å²) in [6.45, 7) is 4.01. The first-order valence-corrected chi connectivity index (χ1v) is 13.5. The first-order chi connectivity index (χ1) is 20.1. The van der Waals surface area contributed by atoms with Crippen LogP contribution in [0.4, 0.5) is 0 Å². The molecule has 1 aromatic carbocycles. The molecule has 0 spiro atoms. The molecule has 0 aliphatic carbocycles. The highest BCUT2D eigenvalue weighted by atomic mass is 16.4. The minimum absolute atomic E-state index is 0.0413. The highest BCUT2D eigenvalue weighted by Crippen LogP contribution is 2.14. The van der Waals surface area contributed by atoms with Crippen molar-refractivity contribution in [1.82, 2.24) is 45.3 Å². The molecule has 1 aromatic heterocycles. The number of nitrogens with zero attached hydrogens (tertiary/aromatic N) is 8. The molecule has 16 heteroatoms. The van der Waals surface area contributed by atoms with Crippen molar-refractivity contribution in [3.8, 4) is 11.4 Å². The Kier molecular flexibility index (Phi) is 12.6. The third-order valence-electron chi connectivity index (χ3n) is 6.65. The molecule has 1 amide bonds. The van der Waals surface area contributed by atoms with E-state index in [0.29, 0.717) is 64.0 Å². The van der Waals surface area contributed by atoms with Crippen LogP contribution in [0.3, 0.4) is 0 Å². The van der Waals surface area contributed by atoms with Crippen molar-refractivity contribution >= 4 is 23.8 Å². The van der Waals surface area contributed by atoms with Crippen molar-refractivity contribution in [2.45, 2.75) is 13.5 Å². The van der Waals surface area contributed by atoms with Gasteiger partial charge in [0.25, 0.3) is 0 Å². The van der Waals surface area contributed by atoms with Crippen LogP contribution < -0.4 is 5.32 Å². The van der Waals surface area contributed by atoms with Crippen molar-refractivity contribution in [3.63, 3.8) is 0 Å². The summed E-state index contributed by atoms with van der Waals surface area (Å²) in [5, 5.41) is 46.7. The lowest BCUT2D eigenvalue weighted by atomic mass is 10.1. The Morgan fingerprint density at radius 2 is 1.02 bits per heavy atom. The largest absolute Gasteiger partial charge is 0.480 e. The summed E-state index contributed by atoms with van der Waals surface area (Å²) < 4.78 is 0. The van der Waals surface area contributed by atoms with Gasteiger partial charge in [0, 0.05) is 64.5 Å². The number of hydrogen-bond acceptors (Lipinski definition) is 12. The summed E-state index contributed by atoms with van der Waals surface area (Å²) in [6.07, 6.45) is 0. The van der Waals surface area contributed by atoms with E-state index in [-0.39, 0.29) is 38.6 Å². The number of carbonyl (C=O) groups excluding carboxylic acids is 1. The van der Waals surface area contributed by atoms with Gasteiger partial charge in [0.05, 0.1) is 26.2 Å². The molecule has 4 N–H and O–H groups in total. The van der Waals surface area contributed by atoms with E-state index >= 15 is 0 Å². The number of carboxylic acids is 3. The number of carboxylic acid groups (broad SMARTS) is 3. The molecule has 42 heavy (non-hydrogen) atoms. The van der Waals surface area contributed by atoms with E-state index in [1.54, 1.807) is 21.6 Å². The zero-order chi connectivity index (χ0) is 30.5. The number of carbonyl (C=O) groups is 4. The van der Waals surface area contributed by atoms with E-state index in [0.717, 1.165) is 11.1 Å². The summed E-state index contributed by atoms with van der Waals surface area (Å²) in [7, 11) is 0. The fourth-order valence-electron chi connectivity index (χ4n) is 4.41. The van der Waals surface area contributed by atoms with Gasteiger partial charge in [-0.2, -0.15) is 0 Å². The second kappa shape index (κ2) is 16.4. The van der Waals surface area contributed by atoms with Crippen molar-refractivity contribution in [3.05, 3.63) is 35.7 Å². The number of aromatic nitrogens is 4. The normalized spacial score (nSPS) is 16.7. The molecule has 0 atom stereocenters. The predicted octanol–water partition coefficient (Wildman–Crippen LogP) is -1.67. The molecule has 0 radical (unpaired) electrons. The fraction of sp³-hybridized carbons (Fsp3) is 0.538. The SMILES string of the molecule is Cc1nnc(-c2ccc(CNC(=O)CN3CCN(CC(=O)O)CCN(CC(=O)O)CCN(CC(=O)O)CC3)cc2)nn1. The average molecular weight is 588 g/mol. The lowest BCUT2D eigenvalue weighted by Gasteiger charge is -2.32. The van der Waals surface area contributed by atoms with Gasteiger partial charge in [0.2, 0.25) is 11.7 Å². The quantitative estimate of drug-likeness (QED) is 0.232. The van der Waals surface area contributed by atoms with Crippen molar-refractivity contribution < 1.29 is 34.5 Å². The average Bonchev–Trinajstić information content (AvgIpc) is 2.93. The molecule has 2 aromatic rings. The summed E-state index contributed by atoms with van der Waals surface area (Å²) in [4.78, 5) is 54.0. The third-order valence-corrected chi connectivity index (χ3v) is 6.65. The second-order valence-electron chi connectivity index (χ2n) is 10.0. The minimum Gasteiger partial charge on any atom is -0.480 e. The van der Waals surface area contributed by atoms with Gasteiger partial charge in [0.1, 0.15) is 0 Å². The molecule has 228 valence electrons. The van der Waals surface area contributed by atoms with Crippen LogP contribution in [-0.4, -0.2) is 158 Å². The van der Waals surface area contributed by atoms with Crippen LogP contribution in [0, 0.1) is 6.92 Å². The Morgan fingerprint density at radius 3 is 1.40 bits per heavy atom. The van der Waals surface area contributed by atoms with Crippen LogP contribution in [0.25, 0.3) is 11.4 Å². The molecule has 1 aliphatic rings. The standard InChI is InChI=1S/C26H37N9O7/c1-19-28-30-26(31-29-19)21-4-2-20(3-5-21)14-27-22(36)15-32-6-8-33(16-23(37)38)10-12-35(18-25(41)42)13-11-34(9-7-32)17-24(39)40/h2-5H,6-18H2,1H3,(H,27,36)(H,37,38)(H,39,40)(H,41,42). The Labute approximate surface area is 242 Å². The van der Waals surface area contributed by atoms with E-state index in [1.807, 2.05) is 29.2 Å². The number of nitrogens with one attached hydrogen (secondary N) is 1. The van der Waals surface area contributed by atoms with E-state index in [9.17, 15) is 34.5 Å². The van der Waals surface area contributed by atoms with Crippen molar-refractivity contribution in [1.29, 1.82) is 0 Å². The summed E-state index contributed by atoms with van der Waals surface area (Å²) in [6, 6.07) is 7.32. The lowest BCUT2D eigenvalue weighted by Crippen LogP contribution is -2.49. The Hall–Kier alpha value is -4.12. The summed E-state index contributed by atoms with van der Waals surface area (Å²) in [5.41, 5.74) is 1.60. The van der Waals surface area contributed by atoms with Crippen LogP contribution >= 0.6 is 0 Å². The predicted molar refractivity (Wildman–Crippen MR) is 148 cm³/mol. The number of aliphatic carboxylic acids is 3. The minimum atomic E-state index is -1.01. The highest BCUT2D eigenvalue weighted by Gasteiger charge is 2.21.